The van der Waals surface area contributed by atoms with Crippen molar-refractivity contribution in [3.63, 3.8) is 0 Å². The molecule has 156 valence electrons. The molecule has 0 unspecified atom stereocenters. The fourth-order valence-electron chi connectivity index (χ4n) is 3.45. The maximum atomic E-state index is 13.6. The van der Waals surface area contributed by atoms with Crippen molar-refractivity contribution in [3.8, 4) is 23.0 Å². The van der Waals surface area contributed by atoms with Crippen molar-refractivity contribution in [3.05, 3.63) is 48.5 Å². The number of oxazole rings is 1. The van der Waals surface area contributed by atoms with Crippen LogP contribution in [0.5, 0.6) is 11.5 Å². The van der Waals surface area contributed by atoms with Crippen LogP contribution >= 0.6 is 0 Å². The van der Waals surface area contributed by atoms with Gasteiger partial charge >= 0.3 is 0 Å². The summed E-state index contributed by atoms with van der Waals surface area (Å²) in [4.78, 5) is 6.34. The first-order chi connectivity index (χ1) is 14.6. The molecular weight excluding hydrogens is 408 g/mol. The fraction of sp³-hybridized carbons (Fsp3) is 0.286. The van der Waals surface area contributed by atoms with Crippen LogP contribution in [-0.2, 0) is 14.6 Å². The predicted octanol–water partition coefficient (Wildman–Crippen LogP) is 2.78. The largest absolute Gasteiger partial charge is 0.486 e. The summed E-state index contributed by atoms with van der Waals surface area (Å²) in [7, 11) is -3.96. The molecule has 5 rings (SSSR count). The molecule has 8 nitrogen and oxygen atoms in total. The lowest BCUT2D eigenvalue weighted by Crippen LogP contribution is -2.36. The number of morpholine rings is 1. The molecule has 0 bridgehead atoms. The number of anilines is 1. The van der Waals surface area contributed by atoms with Gasteiger partial charge in [0.15, 0.2) is 11.5 Å². The van der Waals surface area contributed by atoms with E-state index in [1.807, 2.05) is 35.2 Å². The van der Waals surface area contributed by atoms with Gasteiger partial charge in [-0.2, -0.15) is 4.98 Å². The lowest BCUT2D eigenvalue weighted by Gasteiger charge is -2.26. The Kier molecular flexibility index (Phi) is 4.84. The Bertz CT molecular complexity index is 1150. The topological polar surface area (TPSA) is 91.1 Å². The summed E-state index contributed by atoms with van der Waals surface area (Å²) in [6.07, 6.45) is 0. The minimum atomic E-state index is -3.96. The molecular formula is C21H20N2O6S. The highest BCUT2D eigenvalue weighted by molar-refractivity contribution is 7.91. The van der Waals surface area contributed by atoms with Gasteiger partial charge in [0.05, 0.1) is 18.1 Å². The zero-order valence-corrected chi connectivity index (χ0v) is 16.9. The summed E-state index contributed by atoms with van der Waals surface area (Å²) in [5.41, 5.74) is 0.704. The van der Waals surface area contributed by atoms with Gasteiger partial charge in [0.25, 0.3) is 0 Å². The number of hydrogen-bond donors (Lipinski definition) is 0. The van der Waals surface area contributed by atoms with E-state index in [2.05, 4.69) is 4.98 Å². The second-order valence-electron chi connectivity index (χ2n) is 6.90. The Morgan fingerprint density at radius 2 is 1.60 bits per heavy atom. The molecule has 1 saturated heterocycles. The number of ether oxygens (including phenoxy) is 3. The van der Waals surface area contributed by atoms with Crippen LogP contribution in [0.4, 0.5) is 5.88 Å². The molecule has 0 aliphatic carbocycles. The van der Waals surface area contributed by atoms with E-state index >= 15 is 0 Å². The number of sulfone groups is 1. The van der Waals surface area contributed by atoms with Gasteiger partial charge in [-0.1, -0.05) is 18.2 Å². The quantitative estimate of drug-likeness (QED) is 0.627. The summed E-state index contributed by atoms with van der Waals surface area (Å²) in [6, 6.07) is 13.8. The van der Waals surface area contributed by atoms with Crippen molar-refractivity contribution in [2.75, 3.05) is 44.4 Å². The lowest BCUT2D eigenvalue weighted by atomic mass is 10.2. The van der Waals surface area contributed by atoms with Gasteiger partial charge < -0.3 is 23.5 Å². The average molecular weight is 428 g/mol. The van der Waals surface area contributed by atoms with E-state index in [-0.39, 0.29) is 21.7 Å². The lowest BCUT2D eigenvalue weighted by molar-refractivity contribution is 0.120. The summed E-state index contributed by atoms with van der Waals surface area (Å²) >= 11 is 0. The molecule has 9 heteroatoms. The summed E-state index contributed by atoms with van der Waals surface area (Å²) in [5.74, 6) is 1.42. The highest BCUT2D eigenvalue weighted by Crippen LogP contribution is 2.38. The van der Waals surface area contributed by atoms with E-state index in [0.29, 0.717) is 56.6 Å². The van der Waals surface area contributed by atoms with E-state index < -0.39 is 9.84 Å². The van der Waals surface area contributed by atoms with Crippen LogP contribution in [0.1, 0.15) is 0 Å². The van der Waals surface area contributed by atoms with Crippen molar-refractivity contribution in [2.24, 2.45) is 0 Å². The van der Waals surface area contributed by atoms with Gasteiger partial charge in [0, 0.05) is 24.7 Å². The summed E-state index contributed by atoms with van der Waals surface area (Å²) in [5, 5.41) is -0.111. The Labute approximate surface area is 173 Å². The van der Waals surface area contributed by atoms with Gasteiger partial charge in [-0.3, -0.25) is 0 Å². The van der Waals surface area contributed by atoms with Gasteiger partial charge in [-0.15, -0.1) is 0 Å². The zero-order chi connectivity index (χ0) is 20.6. The monoisotopic (exact) mass is 428 g/mol. The number of hydrogen-bond acceptors (Lipinski definition) is 8. The highest BCUT2D eigenvalue weighted by atomic mass is 32.2. The van der Waals surface area contributed by atoms with Gasteiger partial charge in [0.2, 0.25) is 26.6 Å². The molecule has 0 N–H and O–H groups in total. The second kappa shape index (κ2) is 7.66. The first-order valence-electron chi connectivity index (χ1n) is 9.66. The first kappa shape index (κ1) is 19.0. The van der Waals surface area contributed by atoms with E-state index in [0.717, 1.165) is 0 Å². The normalized spacial score (nSPS) is 16.5. The molecule has 1 aromatic heterocycles. The van der Waals surface area contributed by atoms with E-state index in [9.17, 15) is 8.42 Å². The molecule has 0 atom stereocenters. The Balaban J connectivity index is 1.62. The van der Waals surface area contributed by atoms with Crippen molar-refractivity contribution in [1.29, 1.82) is 0 Å². The van der Waals surface area contributed by atoms with Crippen LogP contribution in [-0.4, -0.2) is 52.9 Å². The fourth-order valence-corrected chi connectivity index (χ4v) is 4.78. The van der Waals surface area contributed by atoms with Crippen LogP contribution in [0.2, 0.25) is 0 Å². The average Bonchev–Trinajstić information content (AvgIpc) is 3.26. The molecule has 30 heavy (non-hydrogen) atoms. The van der Waals surface area contributed by atoms with Crippen molar-refractivity contribution < 1.29 is 27.0 Å². The minimum absolute atomic E-state index is 0.0779. The van der Waals surface area contributed by atoms with Crippen LogP contribution in [0.25, 0.3) is 11.5 Å². The third-order valence-corrected chi connectivity index (χ3v) is 6.63. The van der Waals surface area contributed by atoms with Crippen molar-refractivity contribution in [1.82, 2.24) is 4.98 Å². The molecule has 3 aromatic rings. The molecule has 2 aliphatic rings. The molecule has 0 spiro atoms. The second-order valence-corrected chi connectivity index (χ2v) is 8.77. The number of rotatable bonds is 4. The van der Waals surface area contributed by atoms with Gasteiger partial charge in [0.1, 0.15) is 13.2 Å². The highest BCUT2D eigenvalue weighted by Gasteiger charge is 2.33. The maximum absolute atomic E-state index is 13.6. The smallest absolute Gasteiger partial charge is 0.236 e. The van der Waals surface area contributed by atoms with E-state index in [1.54, 1.807) is 6.07 Å². The number of fused-ring (bicyclic) bond motifs is 1. The number of nitrogens with zero attached hydrogens (tertiary/aromatic N) is 2. The standard InChI is InChI=1S/C21H20N2O6S/c24-30(25,16-6-7-17-18(14-16)28-13-12-27-17)20-21(23-8-10-26-11-9-23)29-19(22-20)15-4-2-1-3-5-15/h1-7,14H,8-13H2. The molecule has 2 aliphatic heterocycles. The molecule has 3 heterocycles. The maximum Gasteiger partial charge on any atom is 0.236 e. The molecule has 0 amide bonds. The number of benzene rings is 2. The summed E-state index contributed by atoms with van der Waals surface area (Å²) < 4.78 is 49.5. The molecule has 0 radical (unpaired) electrons. The van der Waals surface area contributed by atoms with Crippen molar-refractivity contribution in [2.45, 2.75) is 9.92 Å². The van der Waals surface area contributed by atoms with Gasteiger partial charge in [-0.25, -0.2) is 8.42 Å². The van der Waals surface area contributed by atoms with Crippen LogP contribution in [0.3, 0.4) is 0 Å². The number of aromatic nitrogens is 1. The van der Waals surface area contributed by atoms with E-state index in [1.165, 1.54) is 12.1 Å². The minimum Gasteiger partial charge on any atom is -0.486 e. The molecule has 2 aromatic carbocycles. The SMILES string of the molecule is O=S(=O)(c1ccc2c(c1)OCCO2)c1nc(-c2ccccc2)oc1N1CCOCC1. The zero-order valence-electron chi connectivity index (χ0n) is 16.1. The third kappa shape index (κ3) is 3.40. The molecule has 1 fully saturated rings. The van der Waals surface area contributed by atoms with Crippen LogP contribution in [0, 0.1) is 0 Å². The van der Waals surface area contributed by atoms with Crippen LogP contribution in [0.15, 0.2) is 62.9 Å². The predicted molar refractivity (Wildman–Crippen MR) is 108 cm³/mol. The summed E-state index contributed by atoms with van der Waals surface area (Å²) in [6.45, 7) is 2.83. The Morgan fingerprint density at radius 3 is 2.37 bits per heavy atom. The Hall–Kier alpha value is -3.04. The first-order valence-corrected chi connectivity index (χ1v) is 11.1. The van der Waals surface area contributed by atoms with E-state index in [4.69, 9.17) is 18.6 Å². The molecule has 0 saturated carbocycles. The third-order valence-electron chi connectivity index (χ3n) is 4.98. The van der Waals surface area contributed by atoms with Crippen molar-refractivity contribution >= 4 is 15.7 Å². The van der Waals surface area contributed by atoms with Gasteiger partial charge in [-0.05, 0) is 24.3 Å². The Morgan fingerprint density at radius 1 is 0.867 bits per heavy atom. The van der Waals surface area contributed by atoms with Crippen LogP contribution < -0.4 is 14.4 Å².